The summed E-state index contributed by atoms with van der Waals surface area (Å²) in [5.74, 6) is 0.501. The number of ether oxygens (including phenoxy) is 8. The van der Waals surface area contributed by atoms with Crippen molar-refractivity contribution >= 4 is 11.9 Å². The average Bonchev–Trinajstić information content (AvgIpc) is 1.03. The van der Waals surface area contributed by atoms with E-state index >= 15 is 0 Å². The quantitative estimate of drug-likeness (QED) is 0.0209. The van der Waals surface area contributed by atoms with Crippen LogP contribution in [0.25, 0.3) is 0 Å². The number of unbranched alkanes of at least 4 members (excludes halogenated alkanes) is 42. The molecule has 0 atom stereocenters. The van der Waals surface area contributed by atoms with Crippen molar-refractivity contribution in [3.05, 3.63) is 120 Å². The van der Waals surface area contributed by atoms with Gasteiger partial charge < -0.3 is 58.3 Å². The second-order valence-electron chi connectivity index (χ2n) is 31.3. The lowest BCUT2D eigenvalue weighted by Gasteiger charge is -2.14. The SMILES string of the molecule is C=CCCCCCCCCCOCCCCCCCCCCOc1cc(CO)cc(OCCCCCCCCCc2cn(CCCCOc3cc(C(=O)O)c(OCCCCn4cc(CCCCCCCCCOc5cc(CO)cc(OCCCCCCCCCCOCCCCCCCCCC=C)c5)nn4)cc3C(=O)O)nn2)c1. The second kappa shape index (κ2) is 68.1. The molecule has 0 aliphatic rings. The van der Waals surface area contributed by atoms with Gasteiger partial charge in [-0.25, -0.2) is 9.59 Å². The summed E-state index contributed by atoms with van der Waals surface area (Å²) in [5.41, 5.74) is 3.19. The molecule has 20 nitrogen and oxygen atoms in total. The zero-order chi connectivity index (χ0) is 80.9. The fourth-order valence-electron chi connectivity index (χ4n) is 14.2. The monoisotopic (exact) mass is 1590 g/mol. The third kappa shape index (κ3) is 49.8. The number of carboxylic acid groups (broad SMARTS) is 2. The van der Waals surface area contributed by atoms with Crippen LogP contribution in [-0.2, 0) is 48.6 Å². The first kappa shape index (κ1) is 97.6. The van der Waals surface area contributed by atoms with E-state index in [1.54, 1.807) is 0 Å². The Kier molecular flexibility index (Phi) is 58.3. The standard InChI is InChI=1S/C94H152N6O14/c1-3-5-7-9-11-13-23-33-45-59-107-61-47-35-25-15-17-27-37-49-63-109-85-69-81(79-101)71-87(73-85)111-65-51-39-29-19-21-31-41-55-83-77-99(97-95-83)57-43-53-67-113-91-75-90(94(105)106)92(76-89(91)93(103)104)114-68-54-44-58-100-78-84(96-98-100)56-42-32-22-20-30-40-52-66-112-88-72-82(80-102)70-86(74-88)110-64-50-38-28-18-16-26-36-48-62-108-60-46-34-24-14-12-10-8-6-4-2/h3-4,69-78,101-102H,1-2,5-68,79-80H2,(H,103,104)(H,105,106). The van der Waals surface area contributed by atoms with E-state index < -0.39 is 11.9 Å². The summed E-state index contributed by atoms with van der Waals surface area (Å²) < 4.78 is 51.6. The van der Waals surface area contributed by atoms with E-state index in [1.807, 2.05) is 70.3 Å². The fraction of sp³-hybridized carbons (Fsp3) is 0.702. The Balaban J connectivity index is 0.800. The molecule has 0 fully saturated rings. The summed E-state index contributed by atoms with van der Waals surface area (Å²) in [6.45, 7) is 15.3. The molecule has 0 saturated heterocycles. The zero-order valence-corrected chi connectivity index (χ0v) is 70.6. The van der Waals surface area contributed by atoms with Crippen LogP contribution in [0.15, 0.2) is 86.2 Å². The first-order valence-corrected chi connectivity index (χ1v) is 45.2. The molecular formula is C94H152N6O14. The molecule has 20 heteroatoms. The molecule has 0 spiro atoms. The number of allylic oxidation sites excluding steroid dienone is 2. The second-order valence-corrected chi connectivity index (χ2v) is 31.3. The minimum Gasteiger partial charge on any atom is -0.493 e. The van der Waals surface area contributed by atoms with Gasteiger partial charge in [-0.2, -0.15) is 0 Å². The van der Waals surface area contributed by atoms with Gasteiger partial charge >= 0.3 is 11.9 Å². The fourth-order valence-corrected chi connectivity index (χ4v) is 14.2. The Hall–Kier alpha value is -7.00. The number of aromatic carboxylic acids is 2. The van der Waals surface area contributed by atoms with Crippen molar-refractivity contribution in [2.45, 2.75) is 360 Å². The van der Waals surface area contributed by atoms with Gasteiger partial charge in [-0.15, -0.1) is 23.4 Å². The number of nitrogens with zero attached hydrogens (tertiary/aromatic N) is 6. The Morgan fingerprint density at radius 2 is 0.553 bits per heavy atom. The zero-order valence-electron chi connectivity index (χ0n) is 70.6. The Labute approximate surface area is 687 Å². The largest absolute Gasteiger partial charge is 0.493 e. The highest BCUT2D eigenvalue weighted by molar-refractivity contribution is 5.97. The maximum absolute atomic E-state index is 12.4. The molecule has 114 heavy (non-hydrogen) atoms. The molecule has 4 N–H and O–H groups in total. The Morgan fingerprint density at radius 3 is 0.825 bits per heavy atom. The molecule has 0 amide bonds. The number of hydrogen-bond donors (Lipinski definition) is 4. The van der Waals surface area contributed by atoms with Crippen molar-refractivity contribution in [3.63, 3.8) is 0 Å². The lowest BCUT2D eigenvalue weighted by Crippen LogP contribution is -2.11. The van der Waals surface area contributed by atoms with E-state index in [0.717, 1.165) is 200 Å². The predicted octanol–water partition coefficient (Wildman–Crippen LogP) is 23.3. The highest BCUT2D eigenvalue weighted by Gasteiger charge is 2.22. The maximum atomic E-state index is 12.4. The van der Waals surface area contributed by atoms with Crippen LogP contribution in [0.5, 0.6) is 34.5 Å². The van der Waals surface area contributed by atoms with Crippen LogP contribution in [0.2, 0.25) is 0 Å². The van der Waals surface area contributed by atoms with E-state index in [0.29, 0.717) is 65.2 Å². The lowest BCUT2D eigenvalue weighted by atomic mass is 10.1. The number of carbonyl (C=O) groups is 2. The molecule has 0 bridgehead atoms. The van der Waals surface area contributed by atoms with Gasteiger partial charge in [0.05, 0.1) is 64.2 Å². The number of aliphatic hydroxyl groups excluding tert-OH is 2. The molecular weight excluding hydrogens is 1440 g/mol. The number of aliphatic hydroxyl groups is 2. The summed E-state index contributed by atoms with van der Waals surface area (Å²) in [6.07, 6.45) is 67.7. The summed E-state index contributed by atoms with van der Waals surface area (Å²) in [4.78, 5) is 24.7. The smallest absolute Gasteiger partial charge is 0.339 e. The third-order valence-corrected chi connectivity index (χ3v) is 21.0. The highest BCUT2D eigenvalue weighted by atomic mass is 16.5. The molecule has 0 unspecified atom stereocenters. The summed E-state index contributed by atoms with van der Waals surface area (Å²) >= 11 is 0. The third-order valence-electron chi connectivity index (χ3n) is 21.0. The molecule has 3 aromatic carbocycles. The van der Waals surface area contributed by atoms with E-state index in [2.05, 4.69) is 33.8 Å². The van der Waals surface area contributed by atoms with Gasteiger partial charge in [0.25, 0.3) is 0 Å². The Morgan fingerprint density at radius 1 is 0.307 bits per heavy atom. The first-order chi connectivity index (χ1) is 56.2. The van der Waals surface area contributed by atoms with Crippen LogP contribution in [0, 0.1) is 0 Å². The topological polar surface area (TPSA) is 250 Å². The number of aryl methyl sites for hydroxylation is 4. The Bertz CT molecular complexity index is 2990. The van der Waals surface area contributed by atoms with Crippen molar-refractivity contribution in [2.75, 3.05) is 66.1 Å². The van der Waals surface area contributed by atoms with Crippen molar-refractivity contribution in [1.82, 2.24) is 30.0 Å². The number of aromatic nitrogens is 6. The van der Waals surface area contributed by atoms with E-state index in [-0.39, 0.29) is 49.1 Å². The first-order valence-electron chi connectivity index (χ1n) is 45.2. The highest BCUT2D eigenvalue weighted by Crippen LogP contribution is 2.31. The van der Waals surface area contributed by atoms with Gasteiger partial charge in [0.15, 0.2) is 0 Å². The van der Waals surface area contributed by atoms with Gasteiger partial charge in [0, 0.05) is 64.0 Å². The van der Waals surface area contributed by atoms with Crippen LogP contribution < -0.4 is 28.4 Å². The summed E-state index contributed by atoms with van der Waals surface area (Å²) in [7, 11) is 0. The van der Waals surface area contributed by atoms with Crippen molar-refractivity contribution in [3.8, 4) is 34.5 Å². The minimum atomic E-state index is -1.24. The normalized spacial score (nSPS) is 11.4. The van der Waals surface area contributed by atoms with Crippen LogP contribution >= 0.6 is 0 Å². The van der Waals surface area contributed by atoms with Crippen LogP contribution in [0.1, 0.15) is 364 Å². The van der Waals surface area contributed by atoms with Crippen molar-refractivity contribution < 1.29 is 67.9 Å². The summed E-state index contributed by atoms with van der Waals surface area (Å²) in [5, 5.41) is 57.4. The van der Waals surface area contributed by atoms with Gasteiger partial charge in [0.2, 0.25) is 0 Å². The van der Waals surface area contributed by atoms with Crippen LogP contribution in [0.4, 0.5) is 0 Å². The van der Waals surface area contributed by atoms with Gasteiger partial charge in [0.1, 0.15) is 45.6 Å². The molecule has 2 aromatic heterocycles. The molecule has 0 radical (unpaired) electrons. The number of rotatable bonds is 82. The van der Waals surface area contributed by atoms with Gasteiger partial charge in [-0.05, 0) is 176 Å². The molecule has 0 saturated carbocycles. The van der Waals surface area contributed by atoms with E-state index in [9.17, 15) is 30.0 Å². The average molecular weight is 1590 g/mol. The van der Waals surface area contributed by atoms with Crippen molar-refractivity contribution in [1.29, 1.82) is 0 Å². The number of benzene rings is 3. The lowest BCUT2D eigenvalue weighted by molar-refractivity contribution is 0.0672. The molecule has 0 aliphatic carbocycles. The predicted molar refractivity (Wildman–Crippen MR) is 458 cm³/mol. The summed E-state index contributed by atoms with van der Waals surface area (Å²) in [6, 6.07) is 14.0. The van der Waals surface area contributed by atoms with Crippen molar-refractivity contribution in [2.24, 2.45) is 0 Å². The van der Waals surface area contributed by atoms with Gasteiger partial charge in [-0.3, -0.25) is 9.36 Å². The number of hydrogen-bond acceptors (Lipinski definition) is 16. The van der Waals surface area contributed by atoms with Crippen LogP contribution in [0.3, 0.4) is 0 Å². The molecule has 2 heterocycles. The molecule has 5 aromatic rings. The number of carboxylic acids is 2. The maximum Gasteiger partial charge on any atom is 0.339 e. The molecule has 0 aliphatic heterocycles. The minimum absolute atomic E-state index is 0.0154. The van der Waals surface area contributed by atoms with Crippen LogP contribution in [-0.4, -0.2) is 128 Å². The molecule has 5 rings (SSSR count). The van der Waals surface area contributed by atoms with Gasteiger partial charge in [-0.1, -0.05) is 228 Å². The van der Waals surface area contributed by atoms with E-state index in [1.165, 1.54) is 192 Å². The molecule has 642 valence electrons. The van der Waals surface area contributed by atoms with E-state index in [4.69, 9.17) is 37.9 Å².